The fourth-order valence-electron chi connectivity index (χ4n) is 1.94. The molecule has 0 fully saturated rings. The SMILES string of the molecule is CCC(C)CN(CC)c1ccc(C(C)O)cc1Br. The van der Waals surface area contributed by atoms with Gasteiger partial charge in [-0.05, 0) is 53.4 Å². The first kappa shape index (κ1) is 15.5. The summed E-state index contributed by atoms with van der Waals surface area (Å²) in [7, 11) is 0. The van der Waals surface area contributed by atoms with E-state index >= 15 is 0 Å². The van der Waals surface area contributed by atoms with Crippen molar-refractivity contribution in [2.75, 3.05) is 18.0 Å². The molecule has 0 aliphatic rings. The number of hydrogen-bond acceptors (Lipinski definition) is 2. The minimum absolute atomic E-state index is 0.417. The lowest BCUT2D eigenvalue weighted by molar-refractivity contribution is 0.199. The minimum atomic E-state index is -0.417. The summed E-state index contributed by atoms with van der Waals surface area (Å²) in [4.78, 5) is 2.38. The fraction of sp³-hybridized carbons (Fsp3) is 0.600. The monoisotopic (exact) mass is 313 g/mol. The molecule has 0 heterocycles. The van der Waals surface area contributed by atoms with E-state index in [0.29, 0.717) is 5.92 Å². The Hall–Kier alpha value is -0.540. The number of hydrogen-bond donors (Lipinski definition) is 1. The molecular weight excluding hydrogens is 290 g/mol. The quantitative estimate of drug-likeness (QED) is 0.842. The van der Waals surface area contributed by atoms with Crippen LogP contribution in [0.5, 0.6) is 0 Å². The summed E-state index contributed by atoms with van der Waals surface area (Å²) in [6, 6.07) is 6.11. The van der Waals surface area contributed by atoms with Crippen LogP contribution in [0.1, 0.15) is 45.8 Å². The molecule has 0 spiro atoms. The van der Waals surface area contributed by atoms with Crippen LogP contribution < -0.4 is 4.90 Å². The highest BCUT2D eigenvalue weighted by atomic mass is 79.9. The maximum absolute atomic E-state index is 9.58. The highest BCUT2D eigenvalue weighted by Gasteiger charge is 2.12. The van der Waals surface area contributed by atoms with Gasteiger partial charge in [0.2, 0.25) is 0 Å². The Morgan fingerprint density at radius 2 is 1.94 bits per heavy atom. The first-order valence-corrected chi connectivity index (χ1v) is 7.51. The Labute approximate surface area is 119 Å². The molecular formula is C15H24BrNO. The first-order chi connectivity index (χ1) is 8.49. The Kier molecular flexibility index (Phi) is 6.16. The molecule has 0 saturated carbocycles. The Balaban J connectivity index is 2.93. The second-order valence-corrected chi connectivity index (χ2v) is 5.79. The molecule has 2 nitrogen and oxygen atoms in total. The summed E-state index contributed by atoms with van der Waals surface area (Å²) in [6.07, 6.45) is 0.778. The Morgan fingerprint density at radius 3 is 2.39 bits per heavy atom. The van der Waals surface area contributed by atoms with Gasteiger partial charge in [0.1, 0.15) is 0 Å². The second-order valence-electron chi connectivity index (χ2n) is 4.94. The lowest BCUT2D eigenvalue weighted by Crippen LogP contribution is -2.28. The summed E-state index contributed by atoms with van der Waals surface area (Å²) in [5.74, 6) is 0.688. The van der Waals surface area contributed by atoms with Crippen LogP contribution in [0.15, 0.2) is 22.7 Å². The van der Waals surface area contributed by atoms with Gasteiger partial charge in [-0.25, -0.2) is 0 Å². The average molecular weight is 314 g/mol. The van der Waals surface area contributed by atoms with Crippen molar-refractivity contribution < 1.29 is 5.11 Å². The highest BCUT2D eigenvalue weighted by Crippen LogP contribution is 2.30. The van der Waals surface area contributed by atoms with Gasteiger partial charge in [-0.2, -0.15) is 0 Å². The third kappa shape index (κ3) is 3.99. The van der Waals surface area contributed by atoms with E-state index in [-0.39, 0.29) is 0 Å². The minimum Gasteiger partial charge on any atom is -0.389 e. The van der Waals surface area contributed by atoms with Gasteiger partial charge in [0.05, 0.1) is 11.8 Å². The fourth-order valence-corrected chi connectivity index (χ4v) is 2.59. The molecule has 0 bridgehead atoms. The molecule has 1 aromatic rings. The van der Waals surface area contributed by atoms with E-state index in [0.717, 1.165) is 23.1 Å². The van der Waals surface area contributed by atoms with Crippen LogP contribution in [0.3, 0.4) is 0 Å². The molecule has 0 saturated heterocycles. The number of anilines is 1. The van der Waals surface area contributed by atoms with E-state index in [1.165, 1.54) is 12.1 Å². The van der Waals surface area contributed by atoms with Gasteiger partial charge < -0.3 is 10.0 Å². The van der Waals surface area contributed by atoms with Gasteiger partial charge >= 0.3 is 0 Å². The van der Waals surface area contributed by atoms with Gasteiger partial charge in [-0.1, -0.05) is 26.3 Å². The molecule has 0 amide bonds. The summed E-state index contributed by atoms with van der Waals surface area (Å²) in [5, 5.41) is 9.58. The van der Waals surface area contributed by atoms with Crippen LogP contribution in [-0.2, 0) is 0 Å². The van der Waals surface area contributed by atoms with Gasteiger partial charge in [-0.15, -0.1) is 0 Å². The number of aliphatic hydroxyl groups excluding tert-OH is 1. The molecule has 2 atom stereocenters. The van der Waals surface area contributed by atoms with E-state index in [2.05, 4.69) is 47.7 Å². The topological polar surface area (TPSA) is 23.5 Å². The number of benzene rings is 1. The average Bonchev–Trinajstić information content (AvgIpc) is 2.35. The molecule has 1 N–H and O–H groups in total. The highest BCUT2D eigenvalue weighted by molar-refractivity contribution is 9.10. The zero-order valence-corrected chi connectivity index (χ0v) is 13.4. The number of halogens is 1. The van der Waals surface area contributed by atoms with Crippen molar-refractivity contribution in [2.45, 2.75) is 40.2 Å². The molecule has 0 aliphatic carbocycles. The Morgan fingerprint density at radius 1 is 1.28 bits per heavy atom. The molecule has 102 valence electrons. The molecule has 3 heteroatoms. The summed E-state index contributed by atoms with van der Waals surface area (Å²) < 4.78 is 1.06. The van der Waals surface area contributed by atoms with Gasteiger partial charge in [0.25, 0.3) is 0 Å². The number of nitrogens with zero attached hydrogens (tertiary/aromatic N) is 1. The van der Waals surface area contributed by atoms with Crippen LogP contribution >= 0.6 is 15.9 Å². The summed E-state index contributed by atoms with van der Waals surface area (Å²) in [5.41, 5.74) is 2.16. The molecule has 1 aromatic carbocycles. The molecule has 2 unspecified atom stereocenters. The van der Waals surface area contributed by atoms with Crippen LogP contribution in [0.4, 0.5) is 5.69 Å². The Bertz CT molecular complexity index is 379. The zero-order chi connectivity index (χ0) is 13.7. The lowest BCUT2D eigenvalue weighted by atomic mass is 10.1. The van der Waals surface area contributed by atoms with Gasteiger partial charge in [0, 0.05) is 17.6 Å². The molecule has 1 rings (SSSR count). The van der Waals surface area contributed by atoms with Crippen molar-refractivity contribution in [2.24, 2.45) is 5.92 Å². The lowest BCUT2D eigenvalue weighted by Gasteiger charge is -2.27. The van der Waals surface area contributed by atoms with Gasteiger partial charge in [0.15, 0.2) is 0 Å². The van der Waals surface area contributed by atoms with E-state index in [4.69, 9.17) is 0 Å². The largest absolute Gasteiger partial charge is 0.389 e. The van der Waals surface area contributed by atoms with Crippen LogP contribution in [0.25, 0.3) is 0 Å². The number of aliphatic hydroxyl groups is 1. The normalized spacial score (nSPS) is 14.3. The van der Waals surface area contributed by atoms with Gasteiger partial charge in [-0.3, -0.25) is 0 Å². The third-order valence-electron chi connectivity index (χ3n) is 3.41. The van der Waals surface area contributed by atoms with E-state index < -0.39 is 6.10 Å². The maximum Gasteiger partial charge on any atom is 0.0762 e. The van der Waals surface area contributed by atoms with Crippen LogP contribution in [-0.4, -0.2) is 18.2 Å². The molecule has 18 heavy (non-hydrogen) atoms. The maximum atomic E-state index is 9.58. The zero-order valence-electron chi connectivity index (χ0n) is 11.8. The predicted octanol–water partition coefficient (Wildman–Crippen LogP) is 4.37. The number of rotatable bonds is 6. The first-order valence-electron chi connectivity index (χ1n) is 6.72. The smallest absolute Gasteiger partial charge is 0.0762 e. The van der Waals surface area contributed by atoms with Crippen molar-refractivity contribution in [3.8, 4) is 0 Å². The third-order valence-corrected chi connectivity index (χ3v) is 4.04. The van der Waals surface area contributed by atoms with Crippen molar-refractivity contribution in [3.63, 3.8) is 0 Å². The standard InChI is InChI=1S/C15H24BrNO/c1-5-11(3)10-17(6-2)15-8-7-13(12(4)18)9-14(15)16/h7-9,11-12,18H,5-6,10H2,1-4H3. The molecule has 0 aromatic heterocycles. The van der Waals surface area contributed by atoms with E-state index in [1.807, 2.05) is 12.1 Å². The van der Waals surface area contributed by atoms with Crippen LogP contribution in [0.2, 0.25) is 0 Å². The second kappa shape index (κ2) is 7.15. The summed E-state index contributed by atoms with van der Waals surface area (Å²) in [6.45, 7) is 10.5. The van der Waals surface area contributed by atoms with E-state index in [1.54, 1.807) is 6.92 Å². The molecule has 0 radical (unpaired) electrons. The van der Waals surface area contributed by atoms with Crippen molar-refractivity contribution in [3.05, 3.63) is 28.2 Å². The van der Waals surface area contributed by atoms with Crippen LogP contribution in [0, 0.1) is 5.92 Å². The van der Waals surface area contributed by atoms with Crippen molar-refractivity contribution in [1.82, 2.24) is 0 Å². The van der Waals surface area contributed by atoms with Crippen molar-refractivity contribution >= 4 is 21.6 Å². The van der Waals surface area contributed by atoms with E-state index in [9.17, 15) is 5.11 Å². The summed E-state index contributed by atoms with van der Waals surface area (Å²) >= 11 is 3.62. The molecule has 0 aliphatic heterocycles. The van der Waals surface area contributed by atoms with Crippen molar-refractivity contribution in [1.29, 1.82) is 0 Å². The predicted molar refractivity (Wildman–Crippen MR) is 82.1 cm³/mol.